The summed E-state index contributed by atoms with van der Waals surface area (Å²) in [7, 11) is -3.65. The highest BCUT2D eigenvalue weighted by molar-refractivity contribution is 7.98. The lowest BCUT2D eigenvalue weighted by molar-refractivity contribution is 0.589. The van der Waals surface area contributed by atoms with E-state index in [1.54, 1.807) is 6.07 Å². The summed E-state index contributed by atoms with van der Waals surface area (Å²) in [4.78, 5) is 9.00. The maximum atomic E-state index is 13.0. The molecule has 0 radical (unpaired) electrons. The molecule has 1 aliphatic rings. The Balaban J connectivity index is 1.73. The molecule has 138 valence electrons. The highest BCUT2D eigenvalue weighted by Crippen LogP contribution is 2.42. The molecule has 1 aliphatic heterocycles. The zero-order chi connectivity index (χ0) is 19.0. The van der Waals surface area contributed by atoms with Crippen LogP contribution in [0, 0.1) is 0 Å². The number of hydrogen-bond acceptors (Lipinski definition) is 5. The first-order chi connectivity index (χ1) is 13.0. The zero-order valence-corrected chi connectivity index (χ0v) is 16.9. The average Bonchev–Trinajstić information content (AvgIpc) is 2.66. The van der Waals surface area contributed by atoms with Crippen LogP contribution in [0.4, 0.5) is 5.69 Å². The number of aromatic nitrogens is 2. The second-order valence-corrected chi connectivity index (χ2v) is 9.18. The number of halogens is 1. The van der Waals surface area contributed by atoms with Crippen LogP contribution in [-0.4, -0.2) is 24.9 Å². The summed E-state index contributed by atoms with van der Waals surface area (Å²) in [6.07, 6.45) is 1.41. The van der Waals surface area contributed by atoms with Gasteiger partial charge in [-0.1, -0.05) is 53.7 Å². The third-order valence-electron chi connectivity index (χ3n) is 4.27. The van der Waals surface area contributed by atoms with Crippen LogP contribution >= 0.6 is 23.4 Å². The first-order valence-corrected chi connectivity index (χ1v) is 11.2. The molecule has 0 fully saturated rings. The van der Waals surface area contributed by atoms with Gasteiger partial charge in [-0.05, 0) is 30.7 Å². The van der Waals surface area contributed by atoms with Gasteiger partial charge in [0.1, 0.15) is 4.90 Å². The monoisotopic (exact) mass is 417 g/mol. The number of rotatable bonds is 4. The van der Waals surface area contributed by atoms with Gasteiger partial charge in [-0.2, -0.15) is 0 Å². The number of nitrogens with zero attached hydrogens (tertiary/aromatic N) is 3. The van der Waals surface area contributed by atoms with Crippen LogP contribution in [0.3, 0.4) is 0 Å². The molecule has 0 bridgehead atoms. The van der Waals surface area contributed by atoms with E-state index in [0.717, 1.165) is 11.1 Å². The zero-order valence-electron chi connectivity index (χ0n) is 14.5. The maximum Gasteiger partial charge on any atom is 0.268 e. The van der Waals surface area contributed by atoms with Crippen molar-refractivity contribution in [3.63, 3.8) is 0 Å². The van der Waals surface area contributed by atoms with Gasteiger partial charge in [0, 0.05) is 22.9 Å². The Bertz CT molecular complexity index is 1120. The van der Waals surface area contributed by atoms with Crippen molar-refractivity contribution < 1.29 is 8.42 Å². The minimum Gasteiger partial charge on any atom is -0.266 e. The quantitative estimate of drug-likeness (QED) is 0.458. The van der Waals surface area contributed by atoms with Crippen LogP contribution in [0.15, 0.2) is 64.8 Å². The third-order valence-corrected chi connectivity index (χ3v) is 7.33. The first-order valence-electron chi connectivity index (χ1n) is 8.37. The van der Waals surface area contributed by atoms with Gasteiger partial charge in [0.2, 0.25) is 0 Å². The van der Waals surface area contributed by atoms with Crippen LogP contribution in [0.5, 0.6) is 0 Å². The fraction of sp³-hybridized carbons (Fsp3) is 0.158. The Labute approximate surface area is 167 Å². The first kappa shape index (κ1) is 18.3. The van der Waals surface area contributed by atoms with Crippen molar-refractivity contribution in [1.82, 2.24) is 9.97 Å². The van der Waals surface area contributed by atoms with Crippen molar-refractivity contribution in [2.24, 2.45) is 0 Å². The SMILES string of the molecule is CCN1c2ccccc2-c2nc(SCc3cccc(Cl)c3)ncc2S1(=O)=O. The van der Waals surface area contributed by atoms with E-state index >= 15 is 0 Å². The lowest BCUT2D eigenvalue weighted by atomic mass is 10.1. The number of fused-ring (bicyclic) bond motifs is 3. The number of sulfonamides is 1. The van der Waals surface area contributed by atoms with Gasteiger partial charge in [0.05, 0.1) is 17.6 Å². The number of hydrogen-bond donors (Lipinski definition) is 0. The molecule has 0 aliphatic carbocycles. The number of benzene rings is 2. The number of para-hydroxylation sites is 1. The molecule has 2 aromatic carbocycles. The molecule has 3 aromatic rings. The second-order valence-electron chi connectivity index (χ2n) is 5.97. The molecule has 0 saturated carbocycles. The van der Waals surface area contributed by atoms with Gasteiger partial charge in [-0.3, -0.25) is 4.31 Å². The van der Waals surface area contributed by atoms with Gasteiger partial charge in [-0.15, -0.1) is 0 Å². The van der Waals surface area contributed by atoms with Gasteiger partial charge in [0.15, 0.2) is 5.16 Å². The van der Waals surface area contributed by atoms with E-state index in [9.17, 15) is 8.42 Å². The Morgan fingerprint density at radius 3 is 2.74 bits per heavy atom. The highest BCUT2D eigenvalue weighted by Gasteiger charge is 2.35. The van der Waals surface area contributed by atoms with Crippen LogP contribution in [-0.2, 0) is 15.8 Å². The molecule has 27 heavy (non-hydrogen) atoms. The Kier molecular flexibility index (Phi) is 4.84. The van der Waals surface area contributed by atoms with Gasteiger partial charge in [-0.25, -0.2) is 18.4 Å². The second kappa shape index (κ2) is 7.14. The van der Waals surface area contributed by atoms with E-state index in [0.29, 0.717) is 33.9 Å². The van der Waals surface area contributed by atoms with Crippen LogP contribution < -0.4 is 4.31 Å². The largest absolute Gasteiger partial charge is 0.268 e. The summed E-state index contributed by atoms with van der Waals surface area (Å²) in [5, 5.41) is 1.21. The normalized spacial score (nSPS) is 14.5. The van der Waals surface area contributed by atoms with Crippen molar-refractivity contribution in [1.29, 1.82) is 0 Å². The molecular formula is C19H16ClN3O2S2. The van der Waals surface area contributed by atoms with E-state index in [2.05, 4.69) is 9.97 Å². The number of thioether (sulfide) groups is 1. The Morgan fingerprint density at radius 1 is 1.15 bits per heavy atom. The van der Waals surface area contributed by atoms with Crippen molar-refractivity contribution in [2.45, 2.75) is 22.7 Å². The summed E-state index contributed by atoms with van der Waals surface area (Å²) in [6.45, 7) is 2.17. The fourth-order valence-electron chi connectivity index (χ4n) is 3.06. The maximum absolute atomic E-state index is 13.0. The van der Waals surface area contributed by atoms with Crippen molar-refractivity contribution >= 4 is 39.1 Å². The molecule has 1 aromatic heterocycles. The molecule has 0 atom stereocenters. The average molecular weight is 418 g/mol. The smallest absolute Gasteiger partial charge is 0.266 e. The molecular weight excluding hydrogens is 402 g/mol. The summed E-state index contributed by atoms with van der Waals surface area (Å²) < 4.78 is 27.3. The predicted octanol–water partition coefficient (Wildman–Crippen LogP) is 4.62. The molecule has 0 saturated heterocycles. The summed E-state index contributed by atoms with van der Waals surface area (Å²) >= 11 is 7.47. The van der Waals surface area contributed by atoms with E-state index in [4.69, 9.17) is 11.6 Å². The molecule has 5 nitrogen and oxygen atoms in total. The van der Waals surface area contributed by atoms with Gasteiger partial charge < -0.3 is 0 Å². The summed E-state index contributed by atoms with van der Waals surface area (Å²) in [5.74, 6) is 0.648. The molecule has 0 spiro atoms. The molecule has 2 heterocycles. The Morgan fingerprint density at radius 2 is 1.96 bits per heavy atom. The van der Waals surface area contributed by atoms with Crippen molar-refractivity contribution in [3.8, 4) is 11.3 Å². The van der Waals surface area contributed by atoms with Crippen LogP contribution in [0.1, 0.15) is 12.5 Å². The standard InChI is InChI=1S/C19H16ClN3O2S2/c1-2-23-16-9-4-3-8-15(16)18-17(27(23,24)25)11-21-19(22-18)26-12-13-6-5-7-14(20)10-13/h3-11H,2,12H2,1H3. The molecule has 8 heteroatoms. The molecule has 0 amide bonds. The van der Waals surface area contributed by atoms with E-state index in [1.807, 2.05) is 49.4 Å². The van der Waals surface area contributed by atoms with Crippen molar-refractivity contribution in [2.75, 3.05) is 10.8 Å². The minimum absolute atomic E-state index is 0.148. The fourth-order valence-corrected chi connectivity index (χ4v) is 5.61. The number of anilines is 1. The van der Waals surface area contributed by atoms with Gasteiger partial charge in [0.25, 0.3) is 10.0 Å². The lowest BCUT2D eigenvalue weighted by Crippen LogP contribution is -2.34. The molecule has 0 unspecified atom stereocenters. The van der Waals surface area contributed by atoms with Crippen LogP contribution in [0.25, 0.3) is 11.3 Å². The van der Waals surface area contributed by atoms with Gasteiger partial charge >= 0.3 is 0 Å². The highest BCUT2D eigenvalue weighted by atomic mass is 35.5. The third kappa shape index (κ3) is 3.31. The summed E-state index contributed by atoms with van der Waals surface area (Å²) in [5.41, 5.74) is 2.96. The topological polar surface area (TPSA) is 63.2 Å². The predicted molar refractivity (Wildman–Crippen MR) is 109 cm³/mol. The molecule has 0 N–H and O–H groups in total. The Hall–Kier alpha value is -2.09. The van der Waals surface area contributed by atoms with Crippen molar-refractivity contribution in [3.05, 3.63) is 65.3 Å². The van der Waals surface area contributed by atoms with E-state index < -0.39 is 10.0 Å². The van der Waals surface area contributed by atoms with Crippen LogP contribution in [0.2, 0.25) is 5.02 Å². The van der Waals surface area contributed by atoms with E-state index in [1.165, 1.54) is 22.3 Å². The molecule has 4 rings (SSSR count). The summed E-state index contributed by atoms with van der Waals surface area (Å²) in [6, 6.07) is 15.0. The minimum atomic E-state index is -3.65. The lowest BCUT2D eigenvalue weighted by Gasteiger charge is -2.30. The van der Waals surface area contributed by atoms with E-state index in [-0.39, 0.29) is 4.90 Å².